The lowest BCUT2D eigenvalue weighted by Gasteiger charge is -2.06. The van der Waals surface area contributed by atoms with Crippen LogP contribution in [0.2, 0.25) is 0 Å². The van der Waals surface area contributed by atoms with E-state index in [-0.39, 0.29) is 11.7 Å². The molecule has 0 aliphatic carbocycles. The second-order valence-corrected chi connectivity index (χ2v) is 5.09. The van der Waals surface area contributed by atoms with Gasteiger partial charge < -0.3 is 15.7 Å². The number of hydrogen-bond acceptors (Lipinski definition) is 5. The first-order valence-electron chi connectivity index (χ1n) is 6.23. The zero-order valence-corrected chi connectivity index (χ0v) is 11.9. The molecule has 7 nitrogen and oxygen atoms in total. The van der Waals surface area contributed by atoms with E-state index in [2.05, 4.69) is 20.6 Å². The Bertz CT molecular complexity index is 615. The fourth-order valence-electron chi connectivity index (χ4n) is 1.55. The van der Waals surface area contributed by atoms with Crippen molar-refractivity contribution in [2.45, 2.75) is 13.0 Å². The van der Waals surface area contributed by atoms with Gasteiger partial charge in [0.25, 0.3) is 0 Å². The number of aromatic nitrogens is 2. The van der Waals surface area contributed by atoms with Gasteiger partial charge in [0.2, 0.25) is 0 Å². The predicted molar refractivity (Wildman–Crippen MR) is 77.3 cm³/mol. The van der Waals surface area contributed by atoms with E-state index in [1.165, 1.54) is 16.7 Å². The Morgan fingerprint density at radius 1 is 1.24 bits per heavy atom. The van der Waals surface area contributed by atoms with Crippen LogP contribution in [0.25, 0.3) is 0 Å². The van der Waals surface area contributed by atoms with Gasteiger partial charge in [0.15, 0.2) is 5.69 Å². The van der Waals surface area contributed by atoms with E-state index >= 15 is 0 Å². The summed E-state index contributed by atoms with van der Waals surface area (Å²) in [5, 5.41) is 16.3. The highest BCUT2D eigenvalue weighted by atomic mass is 32.1. The monoisotopic (exact) mass is 306 g/mol. The molecule has 0 bridgehead atoms. The smallest absolute Gasteiger partial charge is 0.355 e. The average Bonchev–Trinajstić information content (AvgIpc) is 2.95. The molecule has 2 aromatic rings. The summed E-state index contributed by atoms with van der Waals surface area (Å²) in [5.41, 5.74) is 1.00. The van der Waals surface area contributed by atoms with Gasteiger partial charge in [-0.05, 0) is 17.7 Å². The number of carbonyl (C=O) groups is 2. The van der Waals surface area contributed by atoms with Gasteiger partial charge in [-0.1, -0.05) is 0 Å². The number of thiazole rings is 1. The van der Waals surface area contributed by atoms with Crippen LogP contribution in [0, 0.1) is 0 Å². The van der Waals surface area contributed by atoms with Crippen molar-refractivity contribution in [1.29, 1.82) is 0 Å². The zero-order chi connectivity index (χ0) is 15.1. The summed E-state index contributed by atoms with van der Waals surface area (Å²) in [4.78, 5) is 30.1. The second-order valence-electron chi connectivity index (χ2n) is 4.15. The van der Waals surface area contributed by atoms with E-state index in [4.69, 9.17) is 5.11 Å². The van der Waals surface area contributed by atoms with Gasteiger partial charge in [0.05, 0.1) is 5.01 Å². The first-order chi connectivity index (χ1) is 10.1. The second kappa shape index (κ2) is 7.34. The Balaban J connectivity index is 1.68. The van der Waals surface area contributed by atoms with Crippen LogP contribution < -0.4 is 10.6 Å². The third kappa shape index (κ3) is 4.84. The highest BCUT2D eigenvalue weighted by Gasteiger charge is 2.08. The highest BCUT2D eigenvalue weighted by molar-refractivity contribution is 7.09. The summed E-state index contributed by atoms with van der Waals surface area (Å²) < 4.78 is 0. The number of carbonyl (C=O) groups excluding carboxylic acids is 1. The van der Waals surface area contributed by atoms with Gasteiger partial charge in [-0.15, -0.1) is 11.3 Å². The van der Waals surface area contributed by atoms with E-state index < -0.39 is 5.97 Å². The fourth-order valence-corrected chi connectivity index (χ4v) is 2.32. The number of amides is 2. The Labute approximate surface area is 125 Å². The zero-order valence-electron chi connectivity index (χ0n) is 11.1. The molecule has 0 saturated heterocycles. The van der Waals surface area contributed by atoms with Gasteiger partial charge in [-0.25, -0.2) is 14.6 Å². The molecule has 2 heterocycles. The maximum atomic E-state index is 11.6. The third-order valence-electron chi connectivity index (χ3n) is 2.60. The molecule has 2 aromatic heterocycles. The van der Waals surface area contributed by atoms with Crippen LogP contribution in [0.4, 0.5) is 4.79 Å². The highest BCUT2D eigenvalue weighted by Crippen LogP contribution is 2.09. The minimum Gasteiger partial charge on any atom is -0.476 e. The predicted octanol–water partition coefficient (Wildman–Crippen LogP) is 1.28. The number of nitrogens with zero attached hydrogens (tertiary/aromatic N) is 2. The number of pyridine rings is 1. The topological polar surface area (TPSA) is 104 Å². The molecular formula is C13H14N4O3S. The van der Waals surface area contributed by atoms with Crippen LogP contribution in [0.5, 0.6) is 0 Å². The van der Waals surface area contributed by atoms with Gasteiger partial charge in [0.1, 0.15) is 0 Å². The number of aromatic carboxylic acids is 1. The molecule has 2 rings (SSSR count). The number of carboxylic acids is 1. The van der Waals surface area contributed by atoms with Crippen molar-refractivity contribution >= 4 is 23.3 Å². The molecule has 0 aliphatic rings. The lowest BCUT2D eigenvalue weighted by molar-refractivity contribution is 0.0691. The van der Waals surface area contributed by atoms with Gasteiger partial charge in [-0.2, -0.15) is 0 Å². The quantitative estimate of drug-likeness (QED) is 0.745. The standard InChI is InChI=1S/C13H14N4O3S/c18-12(19)10-8-21-11(17-10)3-6-15-13(20)16-7-9-1-4-14-5-2-9/h1-2,4-5,8H,3,6-7H2,(H,18,19)(H2,15,16,20). The van der Waals surface area contributed by atoms with E-state index in [9.17, 15) is 9.59 Å². The molecule has 0 saturated carbocycles. The van der Waals surface area contributed by atoms with Crippen molar-refractivity contribution in [3.05, 3.63) is 46.2 Å². The van der Waals surface area contributed by atoms with E-state index in [1.54, 1.807) is 12.4 Å². The van der Waals surface area contributed by atoms with E-state index in [0.29, 0.717) is 24.5 Å². The van der Waals surface area contributed by atoms with Gasteiger partial charge >= 0.3 is 12.0 Å². The minimum atomic E-state index is -1.04. The summed E-state index contributed by atoms with van der Waals surface area (Å²) in [6.07, 6.45) is 3.83. The summed E-state index contributed by atoms with van der Waals surface area (Å²) in [6.45, 7) is 0.823. The Hall–Kier alpha value is -2.48. The summed E-state index contributed by atoms with van der Waals surface area (Å²) in [6, 6.07) is 3.37. The summed E-state index contributed by atoms with van der Waals surface area (Å²) in [7, 11) is 0. The fraction of sp³-hybridized carbons (Fsp3) is 0.231. The molecule has 0 aliphatic heterocycles. The molecule has 0 aromatic carbocycles. The maximum absolute atomic E-state index is 11.6. The van der Waals surface area contributed by atoms with E-state index in [0.717, 1.165) is 5.56 Å². The minimum absolute atomic E-state index is 0.0390. The number of nitrogens with one attached hydrogen (secondary N) is 2. The molecule has 0 unspecified atom stereocenters. The van der Waals surface area contributed by atoms with Crippen LogP contribution in [0.15, 0.2) is 29.9 Å². The van der Waals surface area contributed by atoms with Crippen LogP contribution >= 0.6 is 11.3 Å². The first-order valence-corrected chi connectivity index (χ1v) is 7.11. The Morgan fingerprint density at radius 2 is 2.00 bits per heavy atom. The molecule has 110 valence electrons. The number of carboxylic acid groups (broad SMARTS) is 1. The largest absolute Gasteiger partial charge is 0.476 e. The molecule has 0 radical (unpaired) electrons. The average molecular weight is 306 g/mol. The molecule has 0 atom stereocenters. The van der Waals surface area contributed by atoms with Crippen molar-refractivity contribution in [1.82, 2.24) is 20.6 Å². The Kier molecular flexibility index (Phi) is 5.22. The number of hydrogen-bond donors (Lipinski definition) is 3. The third-order valence-corrected chi connectivity index (χ3v) is 3.51. The Morgan fingerprint density at radius 3 is 2.67 bits per heavy atom. The number of urea groups is 1. The van der Waals surface area contributed by atoms with Gasteiger partial charge in [-0.3, -0.25) is 4.98 Å². The van der Waals surface area contributed by atoms with Gasteiger partial charge in [0, 0.05) is 37.3 Å². The van der Waals surface area contributed by atoms with Crippen molar-refractivity contribution in [2.24, 2.45) is 0 Å². The molecule has 21 heavy (non-hydrogen) atoms. The van der Waals surface area contributed by atoms with Crippen molar-refractivity contribution < 1.29 is 14.7 Å². The summed E-state index contributed by atoms with van der Waals surface area (Å²) >= 11 is 1.27. The van der Waals surface area contributed by atoms with Crippen LogP contribution in [0.3, 0.4) is 0 Å². The van der Waals surface area contributed by atoms with Crippen molar-refractivity contribution in [2.75, 3.05) is 6.54 Å². The SMILES string of the molecule is O=C(NCCc1nc(C(=O)O)cs1)NCc1ccncc1. The molecule has 3 N–H and O–H groups in total. The first kappa shape index (κ1) is 14.9. The lowest BCUT2D eigenvalue weighted by atomic mass is 10.3. The lowest BCUT2D eigenvalue weighted by Crippen LogP contribution is -2.36. The molecule has 2 amide bonds. The molecule has 8 heteroatoms. The van der Waals surface area contributed by atoms with Crippen LogP contribution in [-0.2, 0) is 13.0 Å². The molecular weight excluding hydrogens is 292 g/mol. The maximum Gasteiger partial charge on any atom is 0.355 e. The molecule has 0 spiro atoms. The summed E-state index contributed by atoms with van der Waals surface area (Å²) in [5.74, 6) is -1.04. The van der Waals surface area contributed by atoms with E-state index in [1.807, 2.05) is 12.1 Å². The van der Waals surface area contributed by atoms with Crippen molar-refractivity contribution in [3.63, 3.8) is 0 Å². The molecule has 0 fully saturated rings. The normalized spacial score (nSPS) is 10.1. The van der Waals surface area contributed by atoms with Crippen LogP contribution in [0.1, 0.15) is 21.1 Å². The number of rotatable bonds is 6. The van der Waals surface area contributed by atoms with Crippen molar-refractivity contribution in [3.8, 4) is 0 Å². The van der Waals surface area contributed by atoms with Crippen LogP contribution in [-0.4, -0.2) is 33.6 Å².